The van der Waals surface area contributed by atoms with Gasteiger partial charge in [-0.25, -0.2) is 0 Å². The van der Waals surface area contributed by atoms with E-state index in [9.17, 15) is 14.4 Å². The van der Waals surface area contributed by atoms with Crippen molar-refractivity contribution in [2.24, 2.45) is 5.41 Å². The lowest BCUT2D eigenvalue weighted by Crippen LogP contribution is -2.56. The molecule has 6 heteroatoms. The maximum atomic E-state index is 12.7. The molecule has 1 heterocycles. The van der Waals surface area contributed by atoms with Crippen molar-refractivity contribution < 1.29 is 14.4 Å². The van der Waals surface area contributed by atoms with Gasteiger partial charge >= 0.3 is 0 Å². The smallest absolute Gasteiger partial charge is 0.249 e. The van der Waals surface area contributed by atoms with Crippen molar-refractivity contribution >= 4 is 23.4 Å². The van der Waals surface area contributed by atoms with E-state index in [1.165, 1.54) is 0 Å². The second-order valence-electron chi connectivity index (χ2n) is 7.47. The van der Waals surface area contributed by atoms with Gasteiger partial charge in [0.1, 0.15) is 12.1 Å². The van der Waals surface area contributed by atoms with Crippen molar-refractivity contribution in [3.05, 3.63) is 30.3 Å². The molecule has 0 bridgehead atoms. The van der Waals surface area contributed by atoms with E-state index in [0.717, 1.165) is 12.1 Å². The Balaban J connectivity index is 1.98. The number of hydrogen-bond donors (Lipinski definition) is 2. The van der Waals surface area contributed by atoms with Gasteiger partial charge in [-0.2, -0.15) is 0 Å². The van der Waals surface area contributed by atoms with Crippen molar-refractivity contribution in [3.63, 3.8) is 0 Å². The predicted molar refractivity (Wildman–Crippen MR) is 97.0 cm³/mol. The third-order valence-electron chi connectivity index (χ3n) is 4.25. The first kappa shape index (κ1) is 19.0. The lowest BCUT2D eigenvalue weighted by Gasteiger charge is -2.33. The van der Waals surface area contributed by atoms with Gasteiger partial charge in [0, 0.05) is 17.6 Å². The van der Waals surface area contributed by atoms with Gasteiger partial charge in [0.15, 0.2) is 0 Å². The van der Waals surface area contributed by atoms with E-state index in [0.29, 0.717) is 13.0 Å². The number of rotatable bonds is 4. The number of para-hydroxylation sites is 1. The fourth-order valence-electron chi connectivity index (χ4n) is 2.65. The highest BCUT2D eigenvalue weighted by atomic mass is 16.2. The third kappa shape index (κ3) is 4.81. The van der Waals surface area contributed by atoms with Crippen LogP contribution >= 0.6 is 0 Å². The Hall–Kier alpha value is -2.37. The maximum absolute atomic E-state index is 12.7. The van der Waals surface area contributed by atoms with Crippen LogP contribution in [-0.4, -0.2) is 36.3 Å². The van der Waals surface area contributed by atoms with Crippen molar-refractivity contribution in [1.29, 1.82) is 0 Å². The molecule has 0 saturated carbocycles. The molecule has 2 rings (SSSR count). The van der Waals surface area contributed by atoms with Crippen LogP contribution in [-0.2, 0) is 14.4 Å². The summed E-state index contributed by atoms with van der Waals surface area (Å²) in [4.78, 5) is 38.8. The first-order chi connectivity index (χ1) is 11.7. The molecule has 3 amide bonds. The number of carbonyl (C=O) groups is 3. The van der Waals surface area contributed by atoms with Gasteiger partial charge in [-0.05, 0) is 31.9 Å². The zero-order chi connectivity index (χ0) is 18.6. The number of anilines is 1. The summed E-state index contributed by atoms with van der Waals surface area (Å²) in [6.45, 7) is 7.63. The molecule has 0 aliphatic carbocycles. The second-order valence-corrected chi connectivity index (χ2v) is 7.47. The van der Waals surface area contributed by atoms with Crippen LogP contribution in [0.5, 0.6) is 0 Å². The lowest BCUT2D eigenvalue weighted by molar-refractivity contribution is -0.134. The summed E-state index contributed by atoms with van der Waals surface area (Å²) in [7, 11) is 0. The van der Waals surface area contributed by atoms with Gasteiger partial charge in [0.2, 0.25) is 17.7 Å². The number of piperidine rings is 1. The van der Waals surface area contributed by atoms with Crippen LogP contribution in [0.25, 0.3) is 0 Å². The summed E-state index contributed by atoms with van der Waals surface area (Å²) in [5.41, 5.74) is 0.264. The average Bonchev–Trinajstić information content (AvgIpc) is 2.56. The molecule has 2 N–H and O–H groups in total. The first-order valence-electron chi connectivity index (χ1n) is 8.68. The standard InChI is InChI=1S/C19H27N3O3/c1-13(20-18(25)19(2,3)4)16(23)21-15-11-8-12-22(17(15)24)14-9-6-5-7-10-14/h5-7,9-10,13,15H,8,11-12H2,1-4H3,(H,20,25)(H,21,23)/t13-,15-/m1/s1. The maximum Gasteiger partial charge on any atom is 0.249 e. The summed E-state index contributed by atoms with van der Waals surface area (Å²) in [5.74, 6) is -0.651. The molecule has 0 radical (unpaired) electrons. The molecule has 136 valence electrons. The molecule has 1 aromatic rings. The Bertz CT molecular complexity index is 637. The zero-order valence-electron chi connectivity index (χ0n) is 15.3. The van der Waals surface area contributed by atoms with E-state index in [-0.39, 0.29) is 17.7 Å². The SMILES string of the molecule is C[C@@H](NC(=O)C(C)(C)C)C(=O)N[C@@H]1CCCN(c2ccccc2)C1=O. The van der Waals surface area contributed by atoms with Gasteiger partial charge in [-0.15, -0.1) is 0 Å². The van der Waals surface area contributed by atoms with Crippen molar-refractivity contribution in [2.45, 2.75) is 52.6 Å². The van der Waals surface area contributed by atoms with Crippen molar-refractivity contribution in [1.82, 2.24) is 10.6 Å². The van der Waals surface area contributed by atoms with Gasteiger partial charge in [-0.1, -0.05) is 39.0 Å². The molecule has 6 nitrogen and oxygen atoms in total. The molecular weight excluding hydrogens is 318 g/mol. The highest BCUT2D eigenvalue weighted by Gasteiger charge is 2.32. The molecule has 1 aliphatic heterocycles. The number of carbonyl (C=O) groups excluding carboxylic acids is 3. The quantitative estimate of drug-likeness (QED) is 0.874. The van der Waals surface area contributed by atoms with Gasteiger partial charge in [0.05, 0.1) is 0 Å². The van der Waals surface area contributed by atoms with Crippen LogP contribution in [0.1, 0.15) is 40.5 Å². The summed E-state index contributed by atoms with van der Waals surface area (Å²) >= 11 is 0. The normalized spacial score (nSPS) is 19.3. The average molecular weight is 345 g/mol. The molecule has 1 aliphatic rings. The van der Waals surface area contributed by atoms with E-state index in [1.807, 2.05) is 30.3 Å². The van der Waals surface area contributed by atoms with Crippen LogP contribution in [0.4, 0.5) is 5.69 Å². The largest absolute Gasteiger partial charge is 0.344 e. The van der Waals surface area contributed by atoms with Crippen molar-refractivity contribution in [2.75, 3.05) is 11.4 Å². The number of benzene rings is 1. The van der Waals surface area contributed by atoms with Crippen LogP contribution in [0.15, 0.2) is 30.3 Å². The number of nitrogens with one attached hydrogen (secondary N) is 2. The van der Waals surface area contributed by atoms with Crippen LogP contribution in [0.3, 0.4) is 0 Å². The van der Waals surface area contributed by atoms with Crippen LogP contribution in [0.2, 0.25) is 0 Å². The van der Waals surface area contributed by atoms with E-state index in [4.69, 9.17) is 0 Å². The summed E-state index contributed by atoms with van der Waals surface area (Å²) in [6.07, 6.45) is 1.42. The molecule has 1 fully saturated rings. The monoisotopic (exact) mass is 345 g/mol. The van der Waals surface area contributed by atoms with E-state index in [1.54, 1.807) is 32.6 Å². The topological polar surface area (TPSA) is 78.5 Å². The number of nitrogens with zero attached hydrogens (tertiary/aromatic N) is 1. The minimum atomic E-state index is -0.688. The van der Waals surface area contributed by atoms with Gasteiger partial charge < -0.3 is 15.5 Å². The molecular formula is C19H27N3O3. The Morgan fingerprint density at radius 1 is 1.20 bits per heavy atom. The van der Waals surface area contributed by atoms with Gasteiger partial charge in [-0.3, -0.25) is 14.4 Å². The fraction of sp³-hybridized carbons (Fsp3) is 0.526. The first-order valence-corrected chi connectivity index (χ1v) is 8.68. The minimum Gasteiger partial charge on any atom is -0.344 e. The highest BCUT2D eigenvalue weighted by molar-refractivity contribution is 6.00. The Morgan fingerprint density at radius 3 is 2.44 bits per heavy atom. The fourth-order valence-corrected chi connectivity index (χ4v) is 2.65. The van der Waals surface area contributed by atoms with E-state index < -0.39 is 17.5 Å². The second kappa shape index (κ2) is 7.68. The molecule has 1 aromatic carbocycles. The van der Waals surface area contributed by atoms with E-state index >= 15 is 0 Å². The molecule has 1 saturated heterocycles. The Kier molecular flexibility index (Phi) is 5.82. The van der Waals surface area contributed by atoms with Gasteiger partial charge in [0.25, 0.3) is 0 Å². The third-order valence-corrected chi connectivity index (χ3v) is 4.25. The summed E-state index contributed by atoms with van der Waals surface area (Å²) < 4.78 is 0. The van der Waals surface area contributed by atoms with Crippen LogP contribution < -0.4 is 15.5 Å². The van der Waals surface area contributed by atoms with Crippen molar-refractivity contribution in [3.8, 4) is 0 Å². The Morgan fingerprint density at radius 2 is 1.84 bits per heavy atom. The predicted octanol–water partition coefficient (Wildman–Crippen LogP) is 1.85. The zero-order valence-corrected chi connectivity index (χ0v) is 15.3. The molecule has 0 aromatic heterocycles. The molecule has 0 spiro atoms. The molecule has 25 heavy (non-hydrogen) atoms. The van der Waals surface area contributed by atoms with Crippen LogP contribution in [0, 0.1) is 5.41 Å². The summed E-state index contributed by atoms with van der Waals surface area (Å²) in [5, 5.41) is 5.47. The molecule has 2 atom stereocenters. The number of hydrogen-bond acceptors (Lipinski definition) is 3. The minimum absolute atomic E-state index is 0.111. The number of amides is 3. The van der Waals surface area contributed by atoms with E-state index in [2.05, 4.69) is 10.6 Å². The highest BCUT2D eigenvalue weighted by Crippen LogP contribution is 2.20. The lowest BCUT2D eigenvalue weighted by atomic mass is 9.95. The molecule has 0 unspecified atom stereocenters. The summed E-state index contributed by atoms with van der Waals surface area (Å²) in [6, 6.07) is 8.19. The Labute approximate surface area is 149 Å².